The van der Waals surface area contributed by atoms with Crippen LogP contribution in [0.1, 0.15) is 51.9 Å². The fourth-order valence-electron chi connectivity index (χ4n) is 4.04. The molecule has 0 radical (unpaired) electrons. The van der Waals surface area contributed by atoms with Gasteiger partial charge in [0.25, 0.3) is 0 Å². The number of aliphatic hydroxyl groups is 1. The summed E-state index contributed by atoms with van der Waals surface area (Å²) in [6.07, 6.45) is 6.73. The highest BCUT2D eigenvalue weighted by Crippen LogP contribution is 2.34. The molecule has 1 aliphatic heterocycles. The Kier molecular flexibility index (Phi) is 6.66. The van der Waals surface area contributed by atoms with Gasteiger partial charge in [0.05, 0.1) is 25.1 Å². The summed E-state index contributed by atoms with van der Waals surface area (Å²) >= 11 is 0. The molecule has 0 unspecified atom stereocenters. The van der Waals surface area contributed by atoms with Gasteiger partial charge in [-0.2, -0.15) is 5.26 Å². The Morgan fingerprint density at radius 2 is 2.09 bits per heavy atom. The van der Waals surface area contributed by atoms with E-state index in [1.807, 2.05) is 6.92 Å². The largest absolute Gasteiger partial charge is 0.393 e. The van der Waals surface area contributed by atoms with E-state index in [-0.39, 0.29) is 12.0 Å². The average molecular weight is 307 g/mol. The summed E-state index contributed by atoms with van der Waals surface area (Å²) in [4.78, 5) is 16.5. The van der Waals surface area contributed by atoms with E-state index in [9.17, 15) is 9.90 Å². The summed E-state index contributed by atoms with van der Waals surface area (Å²) in [7, 11) is 0. The van der Waals surface area contributed by atoms with E-state index in [0.29, 0.717) is 38.0 Å². The van der Waals surface area contributed by atoms with E-state index in [4.69, 9.17) is 5.26 Å². The number of likely N-dealkylation sites (N-methyl/N-ethyl adjacent to an activating group) is 1. The average Bonchev–Trinajstić information content (AvgIpc) is 2.96. The van der Waals surface area contributed by atoms with Gasteiger partial charge in [0.2, 0.25) is 5.91 Å². The smallest absolute Gasteiger partial charge is 0.236 e. The van der Waals surface area contributed by atoms with Crippen LogP contribution in [0.3, 0.4) is 0 Å². The van der Waals surface area contributed by atoms with Crippen LogP contribution in [0, 0.1) is 17.2 Å². The van der Waals surface area contributed by atoms with Gasteiger partial charge in [0.15, 0.2) is 0 Å². The number of nitrogens with zero attached hydrogens (tertiary/aromatic N) is 3. The first-order valence-electron chi connectivity index (χ1n) is 8.74. The lowest BCUT2D eigenvalue weighted by atomic mass is 9.80. The Hall–Kier alpha value is -1.12. The number of amides is 1. The van der Waals surface area contributed by atoms with Crippen molar-refractivity contribution in [3.63, 3.8) is 0 Å². The van der Waals surface area contributed by atoms with Crippen molar-refractivity contribution >= 4 is 5.91 Å². The van der Waals surface area contributed by atoms with Crippen molar-refractivity contribution in [1.29, 1.82) is 5.26 Å². The Labute approximate surface area is 133 Å². The van der Waals surface area contributed by atoms with Crippen LogP contribution < -0.4 is 0 Å². The molecule has 1 saturated carbocycles. The molecule has 0 bridgehead atoms. The molecule has 1 aliphatic carbocycles. The molecule has 124 valence electrons. The van der Waals surface area contributed by atoms with Crippen LogP contribution in [-0.4, -0.2) is 59.1 Å². The maximum atomic E-state index is 12.5. The van der Waals surface area contributed by atoms with Gasteiger partial charge in [-0.15, -0.1) is 0 Å². The molecule has 0 spiro atoms. The number of carbonyl (C=O) groups excluding carboxylic acids is 1. The first-order chi connectivity index (χ1) is 10.7. The number of hydrogen-bond acceptors (Lipinski definition) is 4. The summed E-state index contributed by atoms with van der Waals surface area (Å²) in [6, 6.07) is 2.46. The van der Waals surface area contributed by atoms with Gasteiger partial charge in [-0.1, -0.05) is 12.8 Å². The van der Waals surface area contributed by atoms with Gasteiger partial charge in [0.1, 0.15) is 0 Å². The second-order valence-electron chi connectivity index (χ2n) is 6.58. The minimum Gasteiger partial charge on any atom is -0.393 e. The second-order valence-corrected chi connectivity index (χ2v) is 6.58. The van der Waals surface area contributed by atoms with Crippen molar-refractivity contribution in [3.05, 3.63) is 0 Å². The zero-order valence-corrected chi connectivity index (χ0v) is 13.7. The molecule has 2 rings (SSSR count). The van der Waals surface area contributed by atoms with E-state index < -0.39 is 0 Å². The number of likely N-dealkylation sites (tertiary alicyclic amines) is 1. The minimum absolute atomic E-state index is 0.120. The van der Waals surface area contributed by atoms with Crippen molar-refractivity contribution in [3.8, 4) is 6.07 Å². The lowest BCUT2D eigenvalue weighted by Crippen LogP contribution is -2.47. The van der Waals surface area contributed by atoms with E-state index in [1.54, 1.807) is 4.90 Å². The van der Waals surface area contributed by atoms with Crippen LogP contribution in [0.2, 0.25) is 0 Å². The Balaban J connectivity index is 1.92. The number of carbonyl (C=O) groups is 1. The molecule has 1 amide bonds. The molecule has 2 aliphatic rings. The first-order valence-corrected chi connectivity index (χ1v) is 8.74. The molecule has 0 aromatic carbocycles. The summed E-state index contributed by atoms with van der Waals surface area (Å²) in [5.74, 6) is 0.452. The maximum absolute atomic E-state index is 12.5. The van der Waals surface area contributed by atoms with Crippen LogP contribution in [0.15, 0.2) is 0 Å². The van der Waals surface area contributed by atoms with E-state index in [0.717, 1.165) is 38.6 Å². The summed E-state index contributed by atoms with van der Waals surface area (Å²) < 4.78 is 0. The number of nitriles is 1. The van der Waals surface area contributed by atoms with Crippen molar-refractivity contribution in [1.82, 2.24) is 9.80 Å². The molecule has 0 aromatic heterocycles. The highest BCUT2D eigenvalue weighted by Gasteiger charge is 2.37. The zero-order valence-electron chi connectivity index (χ0n) is 13.7. The molecule has 0 aromatic rings. The van der Waals surface area contributed by atoms with Crippen molar-refractivity contribution < 1.29 is 9.90 Å². The van der Waals surface area contributed by atoms with Gasteiger partial charge in [-0.05, 0) is 39.2 Å². The minimum atomic E-state index is -0.199. The van der Waals surface area contributed by atoms with Crippen molar-refractivity contribution in [2.24, 2.45) is 5.92 Å². The third-order valence-electron chi connectivity index (χ3n) is 5.26. The monoisotopic (exact) mass is 307 g/mol. The molecule has 5 heteroatoms. The predicted octanol–water partition coefficient (Wildman–Crippen LogP) is 1.76. The molecule has 3 atom stereocenters. The second kappa shape index (κ2) is 8.50. The highest BCUT2D eigenvalue weighted by atomic mass is 16.3. The highest BCUT2D eigenvalue weighted by molar-refractivity contribution is 5.78. The third-order valence-corrected chi connectivity index (χ3v) is 5.26. The molecular formula is C17H29N3O2. The van der Waals surface area contributed by atoms with Gasteiger partial charge in [0, 0.05) is 25.0 Å². The van der Waals surface area contributed by atoms with Crippen molar-refractivity contribution in [2.75, 3.05) is 26.2 Å². The lowest BCUT2D eigenvalue weighted by molar-refractivity contribution is -0.133. The van der Waals surface area contributed by atoms with Crippen LogP contribution in [-0.2, 0) is 4.79 Å². The standard InChI is InChI=1S/C17H29N3O2/c1-2-19(12-6-10-18)17(22)13-20-11-5-8-15(20)14-7-3-4-9-16(14)21/h14-16,21H,2-9,11-13H2,1H3/t14-,15-,16+/m1/s1. The topological polar surface area (TPSA) is 67.6 Å². The molecule has 5 nitrogen and oxygen atoms in total. The van der Waals surface area contributed by atoms with Crippen LogP contribution in [0.25, 0.3) is 0 Å². The molecule has 1 heterocycles. The predicted molar refractivity (Wildman–Crippen MR) is 85.0 cm³/mol. The number of aliphatic hydroxyl groups excluding tert-OH is 1. The molecule has 1 saturated heterocycles. The Bertz CT molecular complexity index is 407. The van der Waals surface area contributed by atoms with Crippen molar-refractivity contribution in [2.45, 2.75) is 64.0 Å². The van der Waals surface area contributed by atoms with Gasteiger partial charge < -0.3 is 10.0 Å². The van der Waals surface area contributed by atoms with Crippen LogP contribution in [0.4, 0.5) is 0 Å². The summed E-state index contributed by atoms with van der Waals surface area (Å²) in [5, 5.41) is 19.0. The molecule has 22 heavy (non-hydrogen) atoms. The van der Waals surface area contributed by atoms with Gasteiger partial charge >= 0.3 is 0 Å². The van der Waals surface area contributed by atoms with E-state index in [1.165, 1.54) is 6.42 Å². The maximum Gasteiger partial charge on any atom is 0.236 e. The number of hydrogen-bond donors (Lipinski definition) is 1. The summed E-state index contributed by atoms with van der Waals surface area (Å²) in [5.41, 5.74) is 0. The Morgan fingerprint density at radius 1 is 1.32 bits per heavy atom. The van der Waals surface area contributed by atoms with Crippen LogP contribution in [0.5, 0.6) is 0 Å². The van der Waals surface area contributed by atoms with E-state index in [2.05, 4.69) is 11.0 Å². The quantitative estimate of drug-likeness (QED) is 0.812. The van der Waals surface area contributed by atoms with Crippen LogP contribution >= 0.6 is 0 Å². The molecular weight excluding hydrogens is 278 g/mol. The zero-order chi connectivity index (χ0) is 15.9. The summed E-state index contributed by atoms with van der Waals surface area (Å²) in [6.45, 7) is 4.53. The Morgan fingerprint density at radius 3 is 2.77 bits per heavy atom. The fourth-order valence-corrected chi connectivity index (χ4v) is 4.04. The fraction of sp³-hybridized carbons (Fsp3) is 0.882. The number of rotatable bonds is 6. The molecule has 1 N–H and O–H groups in total. The SMILES string of the molecule is CCN(CCC#N)C(=O)CN1CCC[C@@H]1[C@H]1CCCC[C@@H]1O. The molecule has 2 fully saturated rings. The lowest BCUT2D eigenvalue weighted by Gasteiger charge is -2.37. The van der Waals surface area contributed by atoms with E-state index >= 15 is 0 Å². The normalized spacial score (nSPS) is 29.2. The third kappa shape index (κ3) is 4.21. The first kappa shape index (κ1) is 17.2. The van der Waals surface area contributed by atoms with Gasteiger partial charge in [-0.25, -0.2) is 0 Å². The van der Waals surface area contributed by atoms with Gasteiger partial charge in [-0.3, -0.25) is 9.69 Å².